The van der Waals surface area contributed by atoms with Crippen LogP contribution in [0.15, 0.2) is 101 Å². The summed E-state index contributed by atoms with van der Waals surface area (Å²) in [6, 6.07) is 30.7. The third-order valence-electron chi connectivity index (χ3n) is 3.52. The Morgan fingerprint density at radius 2 is 1.05 bits per heavy atom. The first-order valence-corrected chi connectivity index (χ1v) is 7.44. The molecule has 0 aliphatic carbocycles. The minimum Gasteiger partial charge on any atom is -0.188 e. The Kier molecular flexibility index (Phi) is 4.73. The van der Waals surface area contributed by atoms with Crippen LogP contribution in [0.5, 0.6) is 0 Å². The summed E-state index contributed by atoms with van der Waals surface area (Å²) in [6.07, 6.45) is 0. The van der Waals surface area contributed by atoms with E-state index in [1.54, 1.807) is 0 Å². The summed E-state index contributed by atoms with van der Waals surface area (Å²) in [5, 5.41) is 9.00. The lowest BCUT2D eigenvalue weighted by atomic mass is 10.00. The molecule has 22 heavy (non-hydrogen) atoms. The van der Waals surface area contributed by atoms with E-state index in [-0.39, 0.29) is 6.04 Å². The van der Waals surface area contributed by atoms with Crippen molar-refractivity contribution in [2.45, 2.75) is 12.6 Å². The molecule has 2 nitrogen and oxygen atoms in total. The summed E-state index contributed by atoms with van der Waals surface area (Å²) in [4.78, 5) is 0. The Morgan fingerprint density at radius 3 is 1.55 bits per heavy atom. The molecular formula is C20H18N2. The van der Waals surface area contributed by atoms with Gasteiger partial charge in [-0.15, -0.1) is 0 Å². The second-order valence-corrected chi connectivity index (χ2v) is 5.12. The molecule has 0 atom stereocenters. The third kappa shape index (κ3) is 3.67. The van der Waals surface area contributed by atoms with Crippen molar-refractivity contribution < 1.29 is 0 Å². The monoisotopic (exact) mass is 286 g/mol. The van der Waals surface area contributed by atoms with E-state index in [0.717, 1.165) is 11.1 Å². The van der Waals surface area contributed by atoms with Crippen molar-refractivity contribution in [2.24, 2.45) is 10.2 Å². The van der Waals surface area contributed by atoms with Gasteiger partial charge in [0.05, 0.1) is 6.54 Å². The Hall–Kier alpha value is -2.74. The van der Waals surface area contributed by atoms with E-state index in [4.69, 9.17) is 0 Å². The van der Waals surface area contributed by atoms with Gasteiger partial charge in [0.25, 0.3) is 0 Å². The maximum absolute atomic E-state index is 4.58. The van der Waals surface area contributed by atoms with E-state index in [1.165, 1.54) is 5.56 Å². The van der Waals surface area contributed by atoms with Crippen LogP contribution >= 0.6 is 0 Å². The van der Waals surface area contributed by atoms with E-state index in [9.17, 15) is 0 Å². The molecule has 0 spiro atoms. The number of rotatable bonds is 5. The van der Waals surface area contributed by atoms with Crippen LogP contribution in [-0.4, -0.2) is 0 Å². The smallest absolute Gasteiger partial charge is 0.121 e. The molecule has 0 bridgehead atoms. The zero-order valence-corrected chi connectivity index (χ0v) is 12.3. The van der Waals surface area contributed by atoms with E-state index >= 15 is 0 Å². The van der Waals surface area contributed by atoms with Crippen LogP contribution in [0, 0.1) is 0 Å². The molecule has 0 unspecified atom stereocenters. The summed E-state index contributed by atoms with van der Waals surface area (Å²) in [5.74, 6) is 0. The molecule has 0 aromatic heterocycles. The summed E-state index contributed by atoms with van der Waals surface area (Å²) in [6.45, 7) is 0.608. The largest absolute Gasteiger partial charge is 0.188 e. The second-order valence-electron chi connectivity index (χ2n) is 5.12. The van der Waals surface area contributed by atoms with Crippen molar-refractivity contribution in [1.29, 1.82) is 0 Å². The zero-order valence-electron chi connectivity index (χ0n) is 12.3. The van der Waals surface area contributed by atoms with E-state index in [0.29, 0.717) is 6.54 Å². The number of hydrogen-bond acceptors (Lipinski definition) is 2. The highest BCUT2D eigenvalue weighted by Crippen LogP contribution is 2.26. The molecule has 3 aromatic carbocycles. The van der Waals surface area contributed by atoms with Gasteiger partial charge >= 0.3 is 0 Å². The number of hydrogen-bond donors (Lipinski definition) is 0. The van der Waals surface area contributed by atoms with Crippen molar-refractivity contribution in [1.82, 2.24) is 0 Å². The van der Waals surface area contributed by atoms with Crippen LogP contribution in [0.3, 0.4) is 0 Å². The first-order chi connectivity index (χ1) is 10.9. The first-order valence-electron chi connectivity index (χ1n) is 7.44. The van der Waals surface area contributed by atoms with Crippen molar-refractivity contribution in [3.8, 4) is 0 Å². The van der Waals surface area contributed by atoms with Crippen LogP contribution in [0.4, 0.5) is 0 Å². The van der Waals surface area contributed by atoms with E-state index in [2.05, 4.69) is 46.6 Å². The Labute approximate surface area is 131 Å². The van der Waals surface area contributed by atoms with Crippen LogP contribution in [0.1, 0.15) is 22.7 Å². The molecule has 3 aromatic rings. The van der Waals surface area contributed by atoms with Gasteiger partial charge in [-0.2, -0.15) is 10.2 Å². The normalized spacial score (nSPS) is 11.1. The molecule has 0 amide bonds. The second kappa shape index (κ2) is 7.32. The highest BCUT2D eigenvalue weighted by atomic mass is 15.1. The quantitative estimate of drug-likeness (QED) is 0.559. The molecule has 0 radical (unpaired) electrons. The van der Waals surface area contributed by atoms with Gasteiger partial charge in [-0.25, -0.2) is 0 Å². The maximum Gasteiger partial charge on any atom is 0.121 e. The lowest BCUT2D eigenvalue weighted by Crippen LogP contribution is -1.97. The number of benzene rings is 3. The molecular weight excluding hydrogens is 268 g/mol. The van der Waals surface area contributed by atoms with Crippen LogP contribution < -0.4 is 0 Å². The van der Waals surface area contributed by atoms with Crippen LogP contribution in [0.25, 0.3) is 0 Å². The first kappa shape index (κ1) is 14.2. The average molecular weight is 286 g/mol. The van der Waals surface area contributed by atoms with E-state index < -0.39 is 0 Å². The molecule has 0 aliphatic heterocycles. The number of nitrogens with zero attached hydrogens (tertiary/aromatic N) is 2. The van der Waals surface area contributed by atoms with Crippen molar-refractivity contribution in [2.75, 3.05) is 0 Å². The van der Waals surface area contributed by atoms with E-state index in [1.807, 2.05) is 54.6 Å². The summed E-state index contributed by atoms with van der Waals surface area (Å²) in [5.41, 5.74) is 3.49. The molecule has 0 fully saturated rings. The standard InChI is InChI=1S/C20H18N2/c1-4-10-17(11-5-1)16-21-22-20(18-12-6-2-7-13-18)19-14-8-3-9-15-19/h1-15,20H,16H2. The molecule has 0 saturated carbocycles. The highest BCUT2D eigenvalue weighted by molar-refractivity contribution is 5.31. The fourth-order valence-corrected chi connectivity index (χ4v) is 2.38. The van der Waals surface area contributed by atoms with Crippen molar-refractivity contribution in [3.05, 3.63) is 108 Å². The fraction of sp³-hybridized carbons (Fsp3) is 0.100. The Morgan fingerprint density at radius 1 is 0.591 bits per heavy atom. The van der Waals surface area contributed by atoms with Gasteiger partial charge in [0.15, 0.2) is 0 Å². The Balaban J connectivity index is 1.83. The van der Waals surface area contributed by atoms with Crippen molar-refractivity contribution in [3.63, 3.8) is 0 Å². The van der Waals surface area contributed by atoms with Crippen molar-refractivity contribution >= 4 is 0 Å². The molecule has 0 saturated heterocycles. The fourth-order valence-electron chi connectivity index (χ4n) is 2.38. The molecule has 0 heterocycles. The van der Waals surface area contributed by atoms with Crippen LogP contribution in [0.2, 0.25) is 0 Å². The van der Waals surface area contributed by atoms with Gasteiger partial charge in [0.2, 0.25) is 0 Å². The predicted octanol–water partition coefficient (Wildman–Crippen LogP) is 5.43. The van der Waals surface area contributed by atoms with Gasteiger partial charge < -0.3 is 0 Å². The molecule has 2 heteroatoms. The van der Waals surface area contributed by atoms with Gasteiger partial charge in [0.1, 0.15) is 6.04 Å². The average Bonchev–Trinajstić information content (AvgIpc) is 2.61. The predicted molar refractivity (Wildman–Crippen MR) is 89.7 cm³/mol. The lowest BCUT2D eigenvalue weighted by Gasteiger charge is -2.12. The SMILES string of the molecule is c1ccc(CN=NC(c2ccccc2)c2ccccc2)cc1. The lowest BCUT2D eigenvalue weighted by molar-refractivity contribution is 0.757. The topological polar surface area (TPSA) is 24.7 Å². The maximum atomic E-state index is 4.58. The third-order valence-corrected chi connectivity index (χ3v) is 3.52. The highest BCUT2D eigenvalue weighted by Gasteiger charge is 2.12. The number of azo groups is 1. The molecule has 0 N–H and O–H groups in total. The Bertz CT molecular complexity index is 667. The minimum atomic E-state index is -0.0499. The summed E-state index contributed by atoms with van der Waals surface area (Å²) >= 11 is 0. The van der Waals surface area contributed by atoms with Gasteiger partial charge in [-0.1, -0.05) is 91.0 Å². The zero-order chi connectivity index (χ0) is 15.0. The van der Waals surface area contributed by atoms with Gasteiger partial charge in [-0.3, -0.25) is 0 Å². The summed E-state index contributed by atoms with van der Waals surface area (Å²) in [7, 11) is 0. The van der Waals surface area contributed by atoms with Gasteiger partial charge in [0, 0.05) is 0 Å². The molecule has 0 aliphatic rings. The van der Waals surface area contributed by atoms with Crippen LogP contribution in [-0.2, 0) is 6.54 Å². The molecule has 3 rings (SSSR count). The minimum absolute atomic E-state index is 0.0499. The van der Waals surface area contributed by atoms with Gasteiger partial charge in [-0.05, 0) is 16.7 Å². The summed E-state index contributed by atoms with van der Waals surface area (Å²) < 4.78 is 0. The molecule has 108 valence electrons.